The van der Waals surface area contributed by atoms with Gasteiger partial charge in [0.05, 0.1) is 6.54 Å². The van der Waals surface area contributed by atoms with Gasteiger partial charge in [-0.05, 0) is 19.1 Å². The van der Waals surface area contributed by atoms with E-state index in [1.807, 2.05) is 0 Å². The largest absolute Gasteiger partial charge is 0.382 e. The quantitative estimate of drug-likeness (QED) is 0.601. The topological polar surface area (TPSA) is 110 Å². The van der Waals surface area contributed by atoms with E-state index in [1.54, 1.807) is 6.92 Å². The molecule has 2 amide bonds. The van der Waals surface area contributed by atoms with Gasteiger partial charge < -0.3 is 16.4 Å². The van der Waals surface area contributed by atoms with Crippen LogP contribution >= 0.6 is 0 Å². The normalized spacial score (nSPS) is 9.56. The molecule has 16 heavy (non-hydrogen) atoms. The van der Waals surface area contributed by atoms with Crippen molar-refractivity contribution in [3.05, 3.63) is 17.8 Å². The molecular weight excluding hydrogens is 210 g/mol. The van der Waals surface area contributed by atoms with Gasteiger partial charge in [-0.25, -0.2) is 0 Å². The standard InChI is InChI=1S/C9H13N5O2/c1-2-11-8(15)5-12-9(16)6-3-4-7(10)14-13-6/h3-4H,2,5H2,1H3,(H2,10,14)(H,11,15)(H,12,16). The van der Waals surface area contributed by atoms with Crippen LogP contribution in [0.5, 0.6) is 0 Å². The maximum absolute atomic E-state index is 11.4. The van der Waals surface area contributed by atoms with Gasteiger partial charge in [0, 0.05) is 6.54 Å². The van der Waals surface area contributed by atoms with E-state index in [1.165, 1.54) is 12.1 Å². The molecule has 86 valence electrons. The van der Waals surface area contributed by atoms with Gasteiger partial charge in [-0.3, -0.25) is 9.59 Å². The predicted molar refractivity (Wildman–Crippen MR) is 57.5 cm³/mol. The summed E-state index contributed by atoms with van der Waals surface area (Å²) in [6.07, 6.45) is 0. The van der Waals surface area contributed by atoms with Crippen molar-refractivity contribution < 1.29 is 9.59 Å². The number of likely N-dealkylation sites (N-methyl/N-ethyl adjacent to an activating group) is 1. The van der Waals surface area contributed by atoms with Gasteiger partial charge in [-0.15, -0.1) is 10.2 Å². The van der Waals surface area contributed by atoms with Crippen LogP contribution in [0.3, 0.4) is 0 Å². The third kappa shape index (κ3) is 3.52. The highest BCUT2D eigenvalue weighted by molar-refractivity contribution is 5.94. The number of carbonyl (C=O) groups is 2. The number of amides is 2. The monoisotopic (exact) mass is 223 g/mol. The number of carbonyl (C=O) groups excluding carboxylic acids is 2. The number of hydrogen-bond acceptors (Lipinski definition) is 5. The van der Waals surface area contributed by atoms with Crippen molar-refractivity contribution in [3.63, 3.8) is 0 Å². The zero-order valence-corrected chi connectivity index (χ0v) is 8.86. The van der Waals surface area contributed by atoms with Crippen LogP contribution in [0.2, 0.25) is 0 Å². The molecule has 0 spiro atoms. The molecule has 1 aromatic rings. The number of nitrogens with two attached hydrogens (primary N) is 1. The van der Waals surface area contributed by atoms with E-state index in [2.05, 4.69) is 20.8 Å². The Balaban J connectivity index is 2.47. The molecule has 0 saturated carbocycles. The van der Waals surface area contributed by atoms with Crippen LogP contribution in [0.1, 0.15) is 17.4 Å². The Bertz CT molecular complexity index is 376. The number of aromatic nitrogens is 2. The minimum atomic E-state index is -0.459. The van der Waals surface area contributed by atoms with E-state index in [0.29, 0.717) is 6.54 Å². The van der Waals surface area contributed by atoms with E-state index in [0.717, 1.165) is 0 Å². The maximum Gasteiger partial charge on any atom is 0.272 e. The Morgan fingerprint density at radius 1 is 1.31 bits per heavy atom. The lowest BCUT2D eigenvalue weighted by atomic mass is 10.3. The van der Waals surface area contributed by atoms with Gasteiger partial charge in [0.25, 0.3) is 5.91 Å². The average molecular weight is 223 g/mol. The van der Waals surface area contributed by atoms with Gasteiger partial charge >= 0.3 is 0 Å². The summed E-state index contributed by atoms with van der Waals surface area (Å²) in [5.41, 5.74) is 5.44. The molecule has 0 atom stereocenters. The van der Waals surface area contributed by atoms with Crippen molar-refractivity contribution in [3.8, 4) is 0 Å². The number of hydrogen-bond donors (Lipinski definition) is 3. The lowest BCUT2D eigenvalue weighted by Gasteiger charge is -2.04. The molecule has 0 aliphatic heterocycles. The fraction of sp³-hybridized carbons (Fsp3) is 0.333. The molecular formula is C9H13N5O2. The van der Waals surface area contributed by atoms with Crippen LogP contribution in [-0.2, 0) is 4.79 Å². The Morgan fingerprint density at radius 2 is 2.06 bits per heavy atom. The van der Waals surface area contributed by atoms with Gasteiger partial charge in [0.15, 0.2) is 5.69 Å². The van der Waals surface area contributed by atoms with Gasteiger partial charge in [-0.1, -0.05) is 0 Å². The summed E-state index contributed by atoms with van der Waals surface area (Å²) in [6, 6.07) is 2.91. The minimum Gasteiger partial charge on any atom is -0.382 e. The number of nitrogen functional groups attached to an aromatic ring is 1. The molecule has 0 radical (unpaired) electrons. The van der Waals surface area contributed by atoms with Gasteiger partial charge in [0.1, 0.15) is 5.82 Å². The lowest BCUT2D eigenvalue weighted by Crippen LogP contribution is -2.37. The van der Waals surface area contributed by atoms with Crippen LogP contribution < -0.4 is 16.4 Å². The summed E-state index contributed by atoms with van der Waals surface area (Å²) in [6.45, 7) is 2.24. The maximum atomic E-state index is 11.4. The second-order valence-corrected chi connectivity index (χ2v) is 2.98. The second-order valence-electron chi connectivity index (χ2n) is 2.98. The fourth-order valence-electron chi connectivity index (χ4n) is 0.974. The van der Waals surface area contributed by atoms with E-state index in [9.17, 15) is 9.59 Å². The summed E-state index contributed by atoms with van der Waals surface area (Å²) < 4.78 is 0. The third-order valence-corrected chi connectivity index (χ3v) is 1.70. The van der Waals surface area contributed by atoms with Crippen molar-refractivity contribution in [1.29, 1.82) is 0 Å². The summed E-state index contributed by atoms with van der Waals surface area (Å²) in [5.74, 6) is -0.474. The first-order chi connectivity index (χ1) is 7.63. The number of nitrogens with zero attached hydrogens (tertiary/aromatic N) is 2. The predicted octanol–water partition coefficient (Wildman–Crippen LogP) is -1.08. The van der Waals surface area contributed by atoms with Crippen LogP contribution in [0, 0.1) is 0 Å². The highest BCUT2D eigenvalue weighted by Gasteiger charge is 2.08. The van der Waals surface area contributed by atoms with Crippen molar-refractivity contribution in [1.82, 2.24) is 20.8 Å². The Morgan fingerprint density at radius 3 is 2.62 bits per heavy atom. The highest BCUT2D eigenvalue weighted by Crippen LogP contribution is 1.96. The first-order valence-electron chi connectivity index (χ1n) is 4.77. The summed E-state index contributed by atoms with van der Waals surface area (Å²) in [7, 11) is 0. The third-order valence-electron chi connectivity index (χ3n) is 1.70. The molecule has 0 aliphatic carbocycles. The molecule has 0 unspecified atom stereocenters. The minimum absolute atomic E-state index is 0.0846. The molecule has 4 N–H and O–H groups in total. The molecule has 7 heteroatoms. The molecule has 0 bridgehead atoms. The van der Waals surface area contributed by atoms with Crippen LogP contribution in [0.4, 0.5) is 5.82 Å². The Labute approximate surface area is 92.4 Å². The number of anilines is 1. The van der Waals surface area contributed by atoms with E-state index >= 15 is 0 Å². The molecule has 1 heterocycles. The smallest absolute Gasteiger partial charge is 0.272 e. The fourth-order valence-corrected chi connectivity index (χ4v) is 0.974. The van der Waals surface area contributed by atoms with Crippen molar-refractivity contribution in [2.24, 2.45) is 0 Å². The van der Waals surface area contributed by atoms with E-state index in [4.69, 9.17) is 5.73 Å². The van der Waals surface area contributed by atoms with E-state index in [-0.39, 0.29) is 24.0 Å². The highest BCUT2D eigenvalue weighted by atomic mass is 16.2. The van der Waals surface area contributed by atoms with Crippen LogP contribution in [0.25, 0.3) is 0 Å². The van der Waals surface area contributed by atoms with Crippen LogP contribution in [0.15, 0.2) is 12.1 Å². The number of nitrogens with one attached hydrogen (secondary N) is 2. The summed E-state index contributed by atoms with van der Waals surface area (Å²) in [4.78, 5) is 22.5. The molecule has 7 nitrogen and oxygen atoms in total. The molecule has 0 fully saturated rings. The molecule has 1 rings (SSSR count). The van der Waals surface area contributed by atoms with Crippen LogP contribution in [-0.4, -0.2) is 35.1 Å². The first kappa shape index (κ1) is 11.9. The zero-order valence-electron chi connectivity index (χ0n) is 8.86. The molecule has 1 aromatic heterocycles. The molecule has 0 aromatic carbocycles. The first-order valence-corrected chi connectivity index (χ1v) is 4.77. The van der Waals surface area contributed by atoms with Gasteiger partial charge in [0.2, 0.25) is 5.91 Å². The Hall–Kier alpha value is -2.18. The Kier molecular flexibility index (Phi) is 4.19. The summed E-state index contributed by atoms with van der Waals surface area (Å²) >= 11 is 0. The average Bonchev–Trinajstić information content (AvgIpc) is 2.27. The van der Waals surface area contributed by atoms with Gasteiger partial charge in [-0.2, -0.15) is 0 Å². The number of rotatable bonds is 4. The van der Waals surface area contributed by atoms with Crippen molar-refractivity contribution >= 4 is 17.6 Å². The molecule has 0 aliphatic rings. The lowest BCUT2D eigenvalue weighted by molar-refractivity contribution is -0.120. The zero-order chi connectivity index (χ0) is 12.0. The summed E-state index contributed by atoms with van der Waals surface area (Å²) in [5, 5.41) is 12.1. The van der Waals surface area contributed by atoms with Crippen molar-refractivity contribution in [2.75, 3.05) is 18.8 Å². The second kappa shape index (κ2) is 5.64. The van der Waals surface area contributed by atoms with Crippen molar-refractivity contribution in [2.45, 2.75) is 6.92 Å². The SMILES string of the molecule is CCNC(=O)CNC(=O)c1ccc(N)nn1. The molecule has 0 saturated heterocycles. The van der Waals surface area contributed by atoms with E-state index < -0.39 is 5.91 Å².